The van der Waals surface area contributed by atoms with Crippen molar-refractivity contribution in [2.75, 3.05) is 13.7 Å². The number of halogens is 3. The Labute approximate surface area is 148 Å². The summed E-state index contributed by atoms with van der Waals surface area (Å²) < 4.78 is 40.9. The number of rotatable bonds is 7. The van der Waals surface area contributed by atoms with Gasteiger partial charge in [0.1, 0.15) is 12.9 Å². The lowest BCUT2D eigenvalue weighted by Gasteiger charge is -2.10. The van der Waals surface area contributed by atoms with Crippen LogP contribution in [0.1, 0.15) is 21.5 Å². The first-order chi connectivity index (χ1) is 12.4. The van der Waals surface area contributed by atoms with Crippen LogP contribution in [0.2, 0.25) is 0 Å². The molecule has 8 heteroatoms. The number of carbonyl (C=O) groups excluding carboxylic acids is 1. The highest BCUT2D eigenvalue weighted by Crippen LogP contribution is 2.18. The third-order valence-electron chi connectivity index (χ3n) is 3.26. The van der Waals surface area contributed by atoms with E-state index < -0.39 is 12.8 Å². The van der Waals surface area contributed by atoms with Gasteiger partial charge in [0.25, 0.3) is 5.91 Å². The molecule has 0 spiro atoms. The standard InChI is InChI=1S/C18H17F3N2O3/c1-25-23-11-14-2-6-15(7-3-14)17(24)22-10-13-4-8-16(9-5-13)26-12-18(19,20)21/h2-9,11H,10,12H2,1H3,(H,22,24)/b23-11+. The summed E-state index contributed by atoms with van der Waals surface area (Å²) in [5.41, 5.74) is 2.00. The highest BCUT2D eigenvalue weighted by Gasteiger charge is 2.28. The van der Waals surface area contributed by atoms with Crippen LogP contribution in [0, 0.1) is 0 Å². The van der Waals surface area contributed by atoms with E-state index in [1.165, 1.54) is 25.5 Å². The normalized spacial score (nSPS) is 11.4. The van der Waals surface area contributed by atoms with Gasteiger partial charge in [0.05, 0.1) is 6.21 Å². The van der Waals surface area contributed by atoms with Crippen LogP contribution in [-0.2, 0) is 11.4 Å². The van der Waals surface area contributed by atoms with Crippen LogP contribution >= 0.6 is 0 Å². The van der Waals surface area contributed by atoms with E-state index in [2.05, 4.69) is 20.0 Å². The molecule has 0 bridgehead atoms. The molecule has 138 valence electrons. The highest BCUT2D eigenvalue weighted by molar-refractivity contribution is 5.94. The third-order valence-corrected chi connectivity index (χ3v) is 3.26. The van der Waals surface area contributed by atoms with Gasteiger partial charge in [-0.1, -0.05) is 29.4 Å². The van der Waals surface area contributed by atoms with Crippen molar-refractivity contribution in [1.29, 1.82) is 0 Å². The Morgan fingerprint density at radius 3 is 2.35 bits per heavy atom. The van der Waals surface area contributed by atoms with Gasteiger partial charge in [-0.3, -0.25) is 4.79 Å². The first kappa shape index (κ1) is 19.3. The van der Waals surface area contributed by atoms with Gasteiger partial charge in [-0.2, -0.15) is 13.2 Å². The number of carbonyl (C=O) groups is 1. The molecule has 26 heavy (non-hydrogen) atoms. The van der Waals surface area contributed by atoms with E-state index in [0.717, 1.165) is 11.1 Å². The Kier molecular flexibility index (Phi) is 6.60. The van der Waals surface area contributed by atoms with E-state index in [0.29, 0.717) is 5.56 Å². The molecule has 0 unspecified atom stereocenters. The van der Waals surface area contributed by atoms with E-state index in [1.54, 1.807) is 36.4 Å². The zero-order valence-corrected chi connectivity index (χ0v) is 13.9. The summed E-state index contributed by atoms with van der Waals surface area (Å²) in [4.78, 5) is 16.7. The van der Waals surface area contributed by atoms with Gasteiger partial charge in [-0.15, -0.1) is 0 Å². The van der Waals surface area contributed by atoms with Crippen molar-refractivity contribution in [2.45, 2.75) is 12.7 Å². The molecule has 2 aromatic rings. The van der Waals surface area contributed by atoms with Crippen LogP contribution in [0.5, 0.6) is 5.75 Å². The van der Waals surface area contributed by atoms with E-state index in [4.69, 9.17) is 0 Å². The van der Waals surface area contributed by atoms with Crippen molar-refractivity contribution in [3.63, 3.8) is 0 Å². The highest BCUT2D eigenvalue weighted by atomic mass is 19.4. The third kappa shape index (κ3) is 6.46. The summed E-state index contributed by atoms with van der Waals surface area (Å²) in [6, 6.07) is 12.8. The molecule has 2 rings (SSSR count). The molecule has 0 saturated heterocycles. The largest absolute Gasteiger partial charge is 0.484 e. The molecule has 0 aliphatic rings. The second-order valence-corrected chi connectivity index (χ2v) is 5.27. The molecular formula is C18H17F3N2O3. The van der Waals surface area contributed by atoms with Gasteiger partial charge in [-0.25, -0.2) is 0 Å². The number of hydrogen-bond donors (Lipinski definition) is 1. The van der Waals surface area contributed by atoms with E-state index in [9.17, 15) is 18.0 Å². The Bertz CT molecular complexity index is 742. The molecule has 0 atom stereocenters. The minimum Gasteiger partial charge on any atom is -0.484 e. The molecular weight excluding hydrogens is 349 g/mol. The summed E-state index contributed by atoms with van der Waals surface area (Å²) in [6.07, 6.45) is -2.86. The SMILES string of the molecule is CO/N=C/c1ccc(C(=O)NCc2ccc(OCC(F)(F)F)cc2)cc1. The van der Waals surface area contributed by atoms with Gasteiger partial charge < -0.3 is 14.9 Å². The first-order valence-corrected chi connectivity index (χ1v) is 7.60. The summed E-state index contributed by atoms with van der Waals surface area (Å²) in [6.45, 7) is -1.10. The number of hydrogen-bond acceptors (Lipinski definition) is 4. The van der Waals surface area contributed by atoms with E-state index in [-0.39, 0.29) is 18.2 Å². The zero-order chi connectivity index (χ0) is 19.0. The lowest BCUT2D eigenvalue weighted by Crippen LogP contribution is -2.22. The quantitative estimate of drug-likeness (QED) is 0.602. The Balaban J connectivity index is 1.86. The summed E-state index contributed by atoms with van der Waals surface area (Å²) in [5, 5.41) is 6.36. The molecule has 2 aromatic carbocycles. The minimum atomic E-state index is -4.38. The van der Waals surface area contributed by atoms with Crippen molar-refractivity contribution in [3.05, 3.63) is 65.2 Å². The van der Waals surface area contributed by atoms with Crippen LogP contribution in [0.15, 0.2) is 53.7 Å². The first-order valence-electron chi connectivity index (χ1n) is 7.60. The number of benzene rings is 2. The maximum Gasteiger partial charge on any atom is 0.422 e. The van der Waals surface area contributed by atoms with Crippen LogP contribution in [-0.4, -0.2) is 32.0 Å². The molecule has 5 nitrogen and oxygen atoms in total. The maximum absolute atomic E-state index is 12.1. The monoisotopic (exact) mass is 366 g/mol. The molecule has 0 saturated carbocycles. The van der Waals surface area contributed by atoms with Gasteiger partial charge in [-0.05, 0) is 35.4 Å². The number of ether oxygens (including phenoxy) is 1. The van der Waals surface area contributed by atoms with Crippen molar-refractivity contribution >= 4 is 12.1 Å². The molecule has 0 aliphatic carbocycles. The van der Waals surface area contributed by atoms with Gasteiger partial charge in [0.15, 0.2) is 6.61 Å². The second-order valence-electron chi connectivity index (χ2n) is 5.27. The smallest absolute Gasteiger partial charge is 0.422 e. The average molecular weight is 366 g/mol. The van der Waals surface area contributed by atoms with Crippen LogP contribution in [0.25, 0.3) is 0 Å². The van der Waals surface area contributed by atoms with Crippen LogP contribution in [0.4, 0.5) is 13.2 Å². The van der Waals surface area contributed by atoms with Gasteiger partial charge in [0.2, 0.25) is 0 Å². The average Bonchev–Trinajstić information content (AvgIpc) is 2.63. The fourth-order valence-corrected chi connectivity index (χ4v) is 1.99. The fraction of sp³-hybridized carbons (Fsp3) is 0.222. The van der Waals surface area contributed by atoms with E-state index >= 15 is 0 Å². The summed E-state index contributed by atoms with van der Waals surface area (Å²) >= 11 is 0. The van der Waals surface area contributed by atoms with Crippen molar-refractivity contribution in [2.24, 2.45) is 5.16 Å². The van der Waals surface area contributed by atoms with Gasteiger partial charge in [0, 0.05) is 12.1 Å². The second kappa shape index (κ2) is 8.89. The van der Waals surface area contributed by atoms with E-state index in [1.807, 2.05) is 0 Å². The Hall–Kier alpha value is -3.03. The van der Waals surface area contributed by atoms with Crippen molar-refractivity contribution in [1.82, 2.24) is 5.32 Å². The molecule has 0 fully saturated rings. The molecule has 0 heterocycles. The fourth-order valence-electron chi connectivity index (χ4n) is 1.99. The van der Waals surface area contributed by atoms with Crippen molar-refractivity contribution < 1.29 is 27.5 Å². The number of oxime groups is 1. The topological polar surface area (TPSA) is 59.9 Å². The number of nitrogens with one attached hydrogen (secondary N) is 1. The Morgan fingerprint density at radius 2 is 1.77 bits per heavy atom. The molecule has 1 amide bonds. The Morgan fingerprint density at radius 1 is 1.12 bits per heavy atom. The number of alkyl halides is 3. The minimum absolute atomic E-state index is 0.116. The van der Waals surface area contributed by atoms with Gasteiger partial charge >= 0.3 is 6.18 Å². The number of nitrogens with zero attached hydrogens (tertiary/aromatic N) is 1. The molecule has 0 aliphatic heterocycles. The summed E-state index contributed by atoms with van der Waals surface area (Å²) in [7, 11) is 1.44. The van der Waals surface area contributed by atoms with Crippen molar-refractivity contribution in [3.8, 4) is 5.75 Å². The van der Waals surface area contributed by atoms with Crippen LogP contribution < -0.4 is 10.1 Å². The molecule has 0 radical (unpaired) electrons. The molecule has 1 N–H and O–H groups in total. The van der Waals surface area contributed by atoms with Crippen LogP contribution in [0.3, 0.4) is 0 Å². The molecule has 0 aromatic heterocycles. The zero-order valence-electron chi connectivity index (χ0n) is 13.9. The predicted octanol–water partition coefficient (Wildman–Crippen LogP) is 3.54. The number of amides is 1. The summed E-state index contributed by atoms with van der Waals surface area (Å²) in [5.74, 6) is -0.150. The predicted molar refractivity (Wildman–Crippen MR) is 90.2 cm³/mol. The lowest BCUT2D eigenvalue weighted by atomic mass is 10.1. The maximum atomic E-state index is 12.1. The lowest BCUT2D eigenvalue weighted by molar-refractivity contribution is -0.153.